The van der Waals surface area contributed by atoms with Crippen LogP contribution in [0.15, 0.2) is 18.2 Å². The Labute approximate surface area is 158 Å². The highest BCUT2D eigenvalue weighted by atomic mass is 16.3. The van der Waals surface area contributed by atoms with E-state index >= 15 is 0 Å². The molecule has 0 bridgehead atoms. The van der Waals surface area contributed by atoms with Crippen molar-refractivity contribution in [3.8, 4) is 0 Å². The van der Waals surface area contributed by atoms with Crippen molar-refractivity contribution in [2.75, 3.05) is 31.1 Å². The third-order valence-electron chi connectivity index (χ3n) is 6.23. The number of aliphatic hydroxyl groups excluding tert-OH is 1. The van der Waals surface area contributed by atoms with Gasteiger partial charge < -0.3 is 14.9 Å². The number of benzene rings is 1. The molecule has 2 aliphatic heterocycles. The molecule has 4 heteroatoms. The zero-order valence-electron chi connectivity index (χ0n) is 16.8. The zero-order valence-corrected chi connectivity index (χ0v) is 16.8. The van der Waals surface area contributed by atoms with Crippen LogP contribution >= 0.6 is 0 Å². The fourth-order valence-corrected chi connectivity index (χ4v) is 4.48. The van der Waals surface area contributed by atoms with E-state index in [0.717, 1.165) is 49.6 Å². The van der Waals surface area contributed by atoms with Crippen LogP contribution in [0, 0.1) is 11.3 Å². The van der Waals surface area contributed by atoms with Gasteiger partial charge >= 0.3 is 0 Å². The van der Waals surface area contributed by atoms with Crippen LogP contribution in [0.5, 0.6) is 0 Å². The third kappa shape index (κ3) is 4.29. The normalized spacial score (nSPS) is 20.7. The number of piperidine rings is 1. The molecule has 1 fully saturated rings. The lowest BCUT2D eigenvalue weighted by molar-refractivity contribution is -0.116. The largest absolute Gasteiger partial charge is 0.387 e. The summed E-state index contributed by atoms with van der Waals surface area (Å²) < 4.78 is 0. The molecule has 0 saturated carbocycles. The van der Waals surface area contributed by atoms with Crippen LogP contribution in [0.3, 0.4) is 0 Å². The summed E-state index contributed by atoms with van der Waals surface area (Å²) in [6.45, 7) is 12.3. The Morgan fingerprint density at radius 1 is 1.23 bits per heavy atom. The predicted octanol–water partition coefficient (Wildman–Crippen LogP) is 3.78. The van der Waals surface area contributed by atoms with E-state index in [9.17, 15) is 9.90 Å². The topological polar surface area (TPSA) is 43.8 Å². The highest BCUT2D eigenvalue weighted by Crippen LogP contribution is 2.35. The molecule has 1 atom stereocenters. The minimum absolute atomic E-state index is 0.0981. The zero-order chi connectivity index (χ0) is 18.9. The molecule has 0 unspecified atom stereocenters. The monoisotopic (exact) mass is 358 g/mol. The van der Waals surface area contributed by atoms with Crippen molar-refractivity contribution < 1.29 is 9.90 Å². The Balaban J connectivity index is 1.62. The predicted molar refractivity (Wildman–Crippen MR) is 106 cm³/mol. The van der Waals surface area contributed by atoms with Crippen LogP contribution in [-0.2, 0) is 11.2 Å². The molecule has 0 aromatic heterocycles. The lowest BCUT2D eigenvalue weighted by Gasteiger charge is -2.39. The maximum Gasteiger partial charge on any atom is 0.223 e. The molecule has 2 heterocycles. The van der Waals surface area contributed by atoms with E-state index in [1.165, 1.54) is 18.4 Å². The number of aryl methyl sites for hydroxylation is 1. The number of likely N-dealkylation sites (tertiary alicyclic amines) is 1. The molecular weight excluding hydrogens is 324 g/mol. The summed E-state index contributed by atoms with van der Waals surface area (Å²) in [4.78, 5) is 16.1. The molecule has 1 aromatic carbocycles. The summed E-state index contributed by atoms with van der Waals surface area (Å²) in [6, 6.07) is 6.12. The highest BCUT2D eigenvalue weighted by Gasteiger charge is 2.29. The van der Waals surface area contributed by atoms with Gasteiger partial charge in [0.25, 0.3) is 0 Å². The first-order valence-electron chi connectivity index (χ1n) is 10.1. The Morgan fingerprint density at radius 2 is 1.92 bits per heavy atom. The fraction of sp³-hybridized carbons (Fsp3) is 0.682. The molecule has 0 radical (unpaired) electrons. The van der Waals surface area contributed by atoms with Crippen LogP contribution in [-0.4, -0.2) is 42.1 Å². The van der Waals surface area contributed by atoms with Gasteiger partial charge in [-0.2, -0.15) is 0 Å². The van der Waals surface area contributed by atoms with Crippen molar-refractivity contribution >= 4 is 11.6 Å². The lowest BCUT2D eigenvalue weighted by atomic mass is 9.75. The summed E-state index contributed by atoms with van der Waals surface area (Å²) in [7, 11) is 0. The Morgan fingerprint density at radius 3 is 2.54 bits per heavy atom. The number of carbonyl (C=O) groups is 1. The minimum atomic E-state index is -0.459. The van der Waals surface area contributed by atoms with Crippen LogP contribution < -0.4 is 4.90 Å². The van der Waals surface area contributed by atoms with Gasteiger partial charge in [0.05, 0.1) is 6.10 Å². The van der Waals surface area contributed by atoms with Gasteiger partial charge in [0.2, 0.25) is 5.91 Å². The standard InChI is InChI=1S/C22H34N2O2/c1-16(25)24-11-5-6-17-14-18(7-8-20(17)24)21(26)15-23-12-9-19(10-13-23)22(2,3)4/h7-8,14,19,21,26H,5-6,9-13,15H2,1-4H3/t21-/m0/s1. The summed E-state index contributed by atoms with van der Waals surface area (Å²) in [5.41, 5.74) is 3.57. The number of fused-ring (bicyclic) bond motifs is 1. The van der Waals surface area contributed by atoms with Crippen LogP contribution in [0.1, 0.15) is 64.2 Å². The highest BCUT2D eigenvalue weighted by molar-refractivity contribution is 5.92. The lowest BCUT2D eigenvalue weighted by Crippen LogP contribution is -2.40. The Hall–Kier alpha value is -1.39. The SMILES string of the molecule is CC(=O)N1CCCc2cc([C@@H](O)CN3CCC(C(C)(C)C)CC3)ccc21. The van der Waals surface area contributed by atoms with Crippen LogP contribution in [0.2, 0.25) is 0 Å². The molecule has 3 rings (SSSR count). The number of β-amino-alcohol motifs (C(OH)–C–C–N with tert-alkyl or cyclic N) is 1. The van der Waals surface area contributed by atoms with E-state index < -0.39 is 6.10 Å². The molecule has 1 aromatic rings. The van der Waals surface area contributed by atoms with Gasteiger partial charge in [-0.05, 0) is 67.3 Å². The number of hydrogen-bond acceptors (Lipinski definition) is 3. The fourth-order valence-electron chi connectivity index (χ4n) is 4.48. The molecule has 144 valence electrons. The van der Waals surface area contributed by atoms with Crippen molar-refractivity contribution in [1.82, 2.24) is 4.90 Å². The average Bonchev–Trinajstić information content (AvgIpc) is 2.60. The van der Waals surface area contributed by atoms with E-state index in [0.29, 0.717) is 12.0 Å². The third-order valence-corrected chi connectivity index (χ3v) is 6.23. The van der Waals surface area contributed by atoms with Crippen LogP contribution in [0.4, 0.5) is 5.69 Å². The van der Waals surface area contributed by atoms with E-state index in [4.69, 9.17) is 0 Å². The summed E-state index contributed by atoms with van der Waals surface area (Å²) in [6.07, 6.45) is 3.95. The van der Waals surface area contributed by atoms with Gasteiger partial charge in [-0.15, -0.1) is 0 Å². The quantitative estimate of drug-likeness (QED) is 0.894. The number of rotatable bonds is 3. The molecular formula is C22H34N2O2. The van der Waals surface area contributed by atoms with Crippen molar-refractivity contribution in [1.29, 1.82) is 0 Å². The minimum Gasteiger partial charge on any atom is -0.387 e. The van der Waals surface area contributed by atoms with E-state index in [1.807, 2.05) is 17.0 Å². The summed E-state index contributed by atoms with van der Waals surface area (Å²) in [5.74, 6) is 0.873. The average molecular weight is 359 g/mol. The molecule has 4 nitrogen and oxygen atoms in total. The maximum atomic E-state index is 11.8. The first-order chi connectivity index (χ1) is 12.3. The number of hydrogen-bond donors (Lipinski definition) is 1. The van der Waals surface area contributed by atoms with E-state index in [1.54, 1.807) is 6.92 Å². The van der Waals surface area contributed by atoms with Gasteiger partial charge in [-0.25, -0.2) is 0 Å². The van der Waals surface area contributed by atoms with Gasteiger partial charge in [-0.3, -0.25) is 4.79 Å². The van der Waals surface area contributed by atoms with Crippen molar-refractivity contribution in [2.45, 2.75) is 59.5 Å². The smallest absolute Gasteiger partial charge is 0.223 e. The number of amides is 1. The van der Waals surface area contributed by atoms with Gasteiger partial charge in [-0.1, -0.05) is 32.9 Å². The van der Waals surface area contributed by atoms with Gasteiger partial charge in [0.15, 0.2) is 0 Å². The van der Waals surface area contributed by atoms with Gasteiger partial charge in [0, 0.05) is 25.7 Å². The second-order valence-corrected chi connectivity index (χ2v) is 9.12. The van der Waals surface area contributed by atoms with Crippen molar-refractivity contribution in [2.24, 2.45) is 11.3 Å². The van der Waals surface area contributed by atoms with E-state index in [2.05, 4.69) is 31.7 Å². The first kappa shape index (κ1) is 19.4. The van der Waals surface area contributed by atoms with Crippen LogP contribution in [0.25, 0.3) is 0 Å². The molecule has 2 aliphatic rings. The second kappa shape index (κ2) is 7.69. The number of aliphatic hydroxyl groups is 1. The Kier molecular flexibility index (Phi) is 5.73. The molecule has 1 amide bonds. The maximum absolute atomic E-state index is 11.8. The van der Waals surface area contributed by atoms with Crippen molar-refractivity contribution in [3.05, 3.63) is 29.3 Å². The summed E-state index contributed by atoms with van der Waals surface area (Å²) in [5, 5.41) is 10.8. The van der Waals surface area contributed by atoms with E-state index in [-0.39, 0.29) is 5.91 Å². The number of nitrogens with zero attached hydrogens (tertiary/aromatic N) is 2. The molecule has 26 heavy (non-hydrogen) atoms. The molecule has 1 saturated heterocycles. The molecule has 1 N–H and O–H groups in total. The summed E-state index contributed by atoms with van der Waals surface area (Å²) >= 11 is 0. The molecule has 0 spiro atoms. The molecule has 0 aliphatic carbocycles. The number of anilines is 1. The first-order valence-corrected chi connectivity index (χ1v) is 10.1. The second-order valence-electron chi connectivity index (χ2n) is 9.12. The number of carbonyl (C=O) groups excluding carboxylic acids is 1. The van der Waals surface area contributed by atoms with Gasteiger partial charge in [0.1, 0.15) is 0 Å². The Bertz CT molecular complexity index is 642. The van der Waals surface area contributed by atoms with Crippen molar-refractivity contribution in [3.63, 3.8) is 0 Å².